The number of hydrogen-bond acceptors (Lipinski definition) is 5. The first-order valence-corrected chi connectivity index (χ1v) is 13.3. The van der Waals surface area contributed by atoms with Crippen molar-refractivity contribution in [2.24, 2.45) is 0 Å². The Labute approximate surface area is 216 Å². The fourth-order valence-electron chi connectivity index (χ4n) is 4.61. The summed E-state index contributed by atoms with van der Waals surface area (Å²) in [5.74, 6) is 1.15. The molecule has 1 atom stereocenters. The zero-order valence-electron chi connectivity index (χ0n) is 19.6. The molecular formula is C28H29ClN4OS. The highest BCUT2D eigenvalue weighted by molar-refractivity contribution is 8.04. The second kappa shape index (κ2) is 11.3. The summed E-state index contributed by atoms with van der Waals surface area (Å²) < 4.78 is 0. The van der Waals surface area contributed by atoms with E-state index in [0.717, 1.165) is 67.5 Å². The Balaban J connectivity index is 1.23. The Bertz CT molecular complexity index is 1170. The summed E-state index contributed by atoms with van der Waals surface area (Å²) in [6.07, 6.45) is 4.79. The Hall–Kier alpha value is -2.80. The van der Waals surface area contributed by atoms with Crippen LogP contribution in [0.2, 0.25) is 5.02 Å². The first-order chi connectivity index (χ1) is 17.2. The lowest BCUT2D eigenvalue weighted by Crippen LogP contribution is -2.47. The highest BCUT2D eigenvalue weighted by atomic mass is 35.5. The molecule has 2 aliphatic rings. The van der Waals surface area contributed by atoms with Crippen molar-refractivity contribution in [3.8, 4) is 0 Å². The van der Waals surface area contributed by atoms with Crippen LogP contribution in [0.1, 0.15) is 22.9 Å². The van der Waals surface area contributed by atoms with Gasteiger partial charge in [0.2, 0.25) is 0 Å². The number of halogens is 1. The SMILES string of the molecule is O=C1/C(=C\c2ccccc2)SC(c2cccc(Cl)c2)N1CCCN1CCN(c2ccccn2)CC1. The number of hydrogen-bond donors (Lipinski definition) is 0. The maximum Gasteiger partial charge on any atom is 0.261 e. The third kappa shape index (κ3) is 5.89. The molecule has 0 saturated carbocycles. The lowest BCUT2D eigenvalue weighted by Gasteiger charge is -2.35. The fraction of sp³-hybridized carbons (Fsp3) is 0.286. The molecule has 3 aromatic rings. The van der Waals surface area contributed by atoms with Crippen LogP contribution in [0.25, 0.3) is 6.08 Å². The van der Waals surface area contributed by atoms with E-state index in [-0.39, 0.29) is 11.3 Å². The van der Waals surface area contributed by atoms with Gasteiger partial charge in [0.15, 0.2) is 0 Å². The van der Waals surface area contributed by atoms with Gasteiger partial charge < -0.3 is 9.80 Å². The van der Waals surface area contributed by atoms with Gasteiger partial charge in [0.05, 0.1) is 4.91 Å². The molecule has 0 N–H and O–H groups in total. The molecule has 2 aliphatic heterocycles. The highest BCUT2D eigenvalue weighted by Gasteiger charge is 2.37. The Morgan fingerprint density at radius 2 is 1.74 bits per heavy atom. The van der Waals surface area contributed by atoms with Gasteiger partial charge in [-0.15, -0.1) is 0 Å². The predicted octanol–water partition coefficient (Wildman–Crippen LogP) is 5.56. The molecule has 7 heteroatoms. The van der Waals surface area contributed by atoms with E-state index in [9.17, 15) is 4.79 Å². The van der Waals surface area contributed by atoms with Crippen molar-refractivity contribution < 1.29 is 4.79 Å². The van der Waals surface area contributed by atoms with Crippen molar-refractivity contribution in [2.75, 3.05) is 44.2 Å². The van der Waals surface area contributed by atoms with Crippen molar-refractivity contribution in [3.05, 3.63) is 100 Å². The molecule has 5 nitrogen and oxygen atoms in total. The Kier molecular flexibility index (Phi) is 7.72. The summed E-state index contributed by atoms with van der Waals surface area (Å²) in [5, 5.41) is 0.638. The molecule has 180 valence electrons. The van der Waals surface area contributed by atoms with Crippen molar-refractivity contribution in [1.82, 2.24) is 14.8 Å². The van der Waals surface area contributed by atoms with Gasteiger partial charge in [-0.05, 0) is 54.4 Å². The number of anilines is 1. The number of benzene rings is 2. The maximum atomic E-state index is 13.4. The van der Waals surface area contributed by atoms with Gasteiger partial charge in [0.1, 0.15) is 11.2 Å². The predicted molar refractivity (Wildman–Crippen MR) is 145 cm³/mol. The van der Waals surface area contributed by atoms with E-state index >= 15 is 0 Å². The molecule has 1 unspecified atom stereocenters. The molecule has 3 heterocycles. The van der Waals surface area contributed by atoms with Crippen LogP contribution in [-0.2, 0) is 4.79 Å². The monoisotopic (exact) mass is 504 g/mol. The third-order valence-electron chi connectivity index (χ3n) is 6.44. The van der Waals surface area contributed by atoms with E-state index < -0.39 is 0 Å². The van der Waals surface area contributed by atoms with E-state index in [2.05, 4.69) is 26.9 Å². The normalized spacial score (nSPS) is 20.1. The maximum absolute atomic E-state index is 13.4. The molecule has 1 amide bonds. The minimum atomic E-state index is -0.0582. The molecule has 35 heavy (non-hydrogen) atoms. The zero-order chi connectivity index (χ0) is 24.0. The first-order valence-electron chi connectivity index (χ1n) is 12.1. The van der Waals surface area contributed by atoms with Gasteiger partial charge in [0.25, 0.3) is 5.91 Å². The average molecular weight is 505 g/mol. The van der Waals surface area contributed by atoms with Gasteiger partial charge >= 0.3 is 0 Å². The van der Waals surface area contributed by atoms with Crippen LogP contribution in [0.4, 0.5) is 5.82 Å². The van der Waals surface area contributed by atoms with Crippen LogP contribution in [0.3, 0.4) is 0 Å². The van der Waals surface area contributed by atoms with Crippen LogP contribution < -0.4 is 4.90 Å². The highest BCUT2D eigenvalue weighted by Crippen LogP contribution is 2.46. The summed E-state index contributed by atoms with van der Waals surface area (Å²) in [4.78, 5) is 25.5. The minimum Gasteiger partial charge on any atom is -0.354 e. The molecule has 0 bridgehead atoms. The molecule has 2 saturated heterocycles. The second-order valence-electron chi connectivity index (χ2n) is 8.81. The van der Waals surface area contributed by atoms with Gasteiger partial charge in [-0.25, -0.2) is 4.98 Å². The van der Waals surface area contributed by atoms with Crippen LogP contribution in [0, 0.1) is 0 Å². The minimum absolute atomic E-state index is 0.0582. The van der Waals surface area contributed by atoms with E-state index in [1.165, 1.54) is 0 Å². The van der Waals surface area contributed by atoms with Crippen molar-refractivity contribution >= 4 is 41.2 Å². The fourth-order valence-corrected chi connectivity index (χ4v) is 6.08. The van der Waals surface area contributed by atoms with E-state index in [0.29, 0.717) is 5.02 Å². The van der Waals surface area contributed by atoms with Crippen LogP contribution in [-0.4, -0.2) is 60.0 Å². The third-order valence-corrected chi connectivity index (χ3v) is 7.97. The van der Waals surface area contributed by atoms with Gasteiger partial charge in [-0.2, -0.15) is 0 Å². The van der Waals surface area contributed by atoms with Crippen LogP contribution in [0.5, 0.6) is 0 Å². The van der Waals surface area contributed by atoms with Gasteiger partial charge in [-0.1, -0.05) is 71.9 Å². The molecular weight excluding hydrogens is 476 g/mol. The smallest absolute Gasteiger partial charge is 0.261 e. The average Bonchev–Trinajstić information content (AvgIpc) is 3.20. The van der Waals surface area contributed by atoms with Crippen LogP contribution in [0.15, 0.2) is 83.9 Å². The Morgan fingerprint density at radius 1 is 0.943 bits per heavy atom. The van der Waals surface area contributed by atoms with E-state index in [1.54, 1.807) is 11.8 Å². The number of amides is 1. The lowest BCUT2D eigenvalue weighted by molar-refractivity contribution is -0.126. The topological polar surface area (TPSA) is 39.7 Å². The zero-order valence-corrected chi connectivity index (χ0v) is 21.2. The quantitative estimate of drug-likeness (QED) is 0.394. The number of piperazine rings is 1. The van der Waals surface area contributed by atoms with E-state index in [4.69, 9.17) is 11.6 Å². The molecule has 1 aromatic heterocycles. The van der Waals surface area contributed by atoms with E-state index in [1.807, 2.05) is 77.8 Å². The van der Waals surface area contributed by atoms with Crippen molar-refractivity contribution in [2.45, 2.75) is 11.8 Å². The van der Waals surface area contributed by atoms with Crippen LogP contribution >= 0.6 is 23.4 Å². The largest absolute Gasteiger partial charge is 0.354 e. The number of thioether (sulfide) groups is 1. The molecule has 0 spiro atoms. The number of pyridine rings is 1. The summed E-state index contributed by atoms with van der Waals surface area (Å²) in [7, 11) is 0. The number of carbonyl (C=O) groups excluding carboxylic acids is 1. The second-order valence-corrected chi connectivity index (χ2v) is 10.4. The summed E-state index contributed by atoms with van der Waals surface area (Å²) in [6.45, 7) is 5.67. The Morgan fingerprint density at radius 3 is 2.49 bits per heavy atom. The van der Waals surface area contributed by atoms with Crippen molar-refractivity contribution in [3.63, 3.8) is 0 Å². The molecule has 0 aliphatic carbocycles. The standard InChI is InChI=1S/C28H29ClN4OS/c29-24-11-6-10-23(21-24)28-33(27(34)25(35-28)20-22-8-2-1-3-9-22)15-7-14-31-16-18-32(19-17-31)26-12-4-5-13-30-26/h1-6,8-13,20-21,28H,7,14-19H2/b25-20+. The molecule has 2 fully saturated rings. The van der Waals surface area contributed by atoms with Gasteiger partial charge in [-0.3, -0.25) is 9.69 Å². The number of carbonyl (C=O) groups is 1. The first kappa shape index (κ1) is 23.9. The molecule has 2 aromatic carbocycles. The number of aromatic nitrogens is 1. The summed E-state index contributed by atoms with van der Waals surface area (Å²) in [6, 6.07) is 24.0. The summed E-state index contributed by atoms with van der Waals surface area (Å²) >= 11 is 7.91. The molecule has 0 radical (unpaired) electrons. The van der Waals surface area contributed by atoms with Gasteiger partial charge in [0, 0.05) is 43.9 Å². The van der Waals surface area contributed by atoms with Crippen molar-refractivity contribution in [1.29, 1.82) is 0 Å². The molecule has 5 rings (SSSR count). The summed E-state index contributed by atoms with van der Waals surface area (Å²) in [5.41, 5.74) is 2.11. The number of rotatable bonds is 7. The lowest BCUT2D eigenvalue weighted by atomic mass is 10.2. The number of nitrogens with zero attached hydrogens (tertiary/aromatic N) is 4.